The van der Waals surface area contributed by atoms with Crippen LogP contribution in [0.25, 0.3) is 0 Å². The molecule has 1 aliphatic rings. The molecule has 0 spiro atoms. The fourth-order valence-corrected chi connectivity index (χ4v) is 1.35. The molecule has 0 bridgehead atoms. The first-order valence-corrected chi connectivity index (χ1v) is 3.69. The summed E-state index contributed by atoms with van der Waals surface area (Å²) in [6, 6.07) is -0.699. The fourth-order valence-electron chi connectivity index (χ4n) is 1.35. The van der Waals surface area contributed by atoms with Crippen LogP contribution in [0.3, 0.4) is 0 Å². The zero-order valence-electron chi connectivity index (χ0n) is 6.91. The van der Waals surface area contributed by atoms with E-state index in [1.165, 1.54) is 11.8 Å². The zero-order chi connectivity index (χ0) is 9.30. The Balaban J connectivity index is 2.79. The minimum atomic E-state index is -0.955. The number of amides is 1. The normalized spacial score (nSPS) is 22.9. The molecule has 1 rings (SSSR count). The summed E-state index contributed by atoms with van der Waals surface area (Å²) in [5.41, 5.74) is 0.803. The summed E-state index contributed by atoms with van der Waals surface area (Å²) in [4.78, 5) is 22.9. The molecule has 4 heteroatoms. The number of carbonyl (C=O) groups excluding carboxylic acids is 1. The van der Waals surface area contributed by atoms with Crippen molar-refractivity contribution in [2.75, 3.05) is 6.54 Å². The van der Waals surface area contributed by atoms with Crippen molar-refractivity contribution >= 4 is 11.9 Å². The smallest absolute Gasteiger partial charge is 0.326 e. The minimum Gasteiger partial charge on any atom is -0.480 e. The van der Waals surface area contributed by atoms with Gasteiger partial charge in [-0.05, 0) is 0 Å². The van der Waals surface area contributed by atoms with Gasteiger partial charge in [0, 0.05) is 19.9 Å². The van der Waals surface area contributed by atoms with Gasteiger partial charge in [-0.25, -0.2) is 4.79 Å². The molecule has 4 nitrogen and oxygen atoms in total. The molecule has 0 saturated carbocycles. The molecule has 66 valence electrons. The Morgan fingerprint density at radius 3 is 2.58 bits per heavy atom. The summed E-state index contributed by atoms with van der Waals surface area (Å²) < 4.78 is 0. The van der Waals surface area contributed by atoms with Crippen molar-refractivity contribution in [3.8, 4) is 0 Å². The topological polar surface area (TPSA) is 57.6 Å². The Bertz CT molecular complexity index is 223. The van der Waals surface area contributed by atoms with Crippen molar-refractivity contribution in [2.24, 2.45) is 0 Å². The van der Waals surface area contributed by atoms with Crippen LogP contribution in [0.5, 0.6) is 0 Å². The highest BCUT2D eigenvalue weighted by Crippen LogP contribution is 2.20. The molecule has 0 aliphatic carbocycles. The van der Waals surface area contributed by atoms with E-state index in [0.717, 1.165) is 5.57 Å². The number of rotatable bonds is 1. The third-order valence-corrected chi connectivity index (χ3v) is 1.94. The van der Waals surface area contributed by atoms with Crippen LogP contribution in [0, 0.1) is 0 Å². The molecule has 0 aromatic heterocycles. The van der Waals surface area contributed by atoms with E-state index < -0.39 is 12.0 Å². The van der Waals surface area contributed by atoms with Gasteiger partial charge in [0.1, 0.15) is 6.04 Å². The monoisotopic (exact) mass is 169 g/mol. The van der Waals surface area contributed by atoms with Gasteiger partial charge in [0.05, 0.1) is 0 Å². The van der Waals surface area contributed by atoms with Gasteiger partial charge in [0.15, 0.2) is 0 Å². The molecular formula is C8H11NO3. The first kappa shape index (κ1) is 8.77. The number of carboxylic acid groups (broad SMARTS) is 1. The lowest BCUT2D eigenvalue weighted by Crippen LogP contribution is -2.38. The van der Waals surface area contributed by atoms with E-state index >= 15 is 0 Å². The molecule has 0 aromatic carbocycles. The second-order valence-corrected chi connectivity index (χ2v) is 2.96. The van der Waals surface area contributed by atoms with Gasteiger partial charge in [-0.2, -0.15) is 0 Å². The standard InChI is InChI=1S/C8H11NO3/c1-5-3-7(8(11)12)9(4-5)6(2)10/h7H,1,3-4H2,2H3,(H,11,12)/t7-/m0/s1. The number of hydrogen-bond acceptors (Lipinski definition) is 2. The van der Waals surface area contributed by atoms with Crippen LogP contribution in [0.1, 0.15) is 13.3 Å². The molecule has 1 heterocycles. The summed E-state index contributed by atoms with van der Waals surface area (Å²) in [6.45, 7) is 5.41. The van der Waals surface area contributed by atoms with Gasteiger partial charge in [-0.1, -0.05) is 12.2 Å². The Labute approximate surface area is 70.5 Å². The summed E-state index contributed by atoms with van der Waals surface area (Å²) >= 11 is 0. The Morgan fingerprint density at radius 2 is 2.25 bits per heavy atom. The quantitative estimate of drug-likeness (QED) is 0.572. The molecule has 1 fully saturated rings. The van der Waals surface area contributed by atoms with Crippen LogP contribution in [0.15, 0.2) is 12.2 Å². The third kappa shape index (κ3) is 1.47. The second kappa shape index (κ2) is 2.97. The van der Waals surface area contributed by atoms with Crippen LogP contribution in [-0.2, 0) is 9.59 Å². The van der Waals surface area contributed by atoms with Gasteiger partial charge < -0.3 is 10.0 Å². The molecule has 1 amide bonds. The maximum atomic E-state index is 10.9. The summed E-state index contributed by atoms with van der Waals surface area (Å²) in [5, 5.41) is 8.72. The number of aliphatic carboxylic acids is 1. The second-order valence-electron chi connectivity index (χ2n) is 2.96. The van der Waals surface area contributed by atoms with E-state index in [1.54, 1.807) is 0 Å². The highest BCUT2D eigenvalue weighted by molar-refractivity contribution is 5.83. The molecule has 12 heavy (non-hydrogen) atoms. The number of hydrogen-bond donors (Lipinski definition) is 1. The molecular weight excluding hydrogens is 158 g/mol. The van der Waals surface area contributed by atoms with E-state index in [1.807, 2.05) is 0 Å². The van der Waals surface area contributed by atoms with E-state index in [9.17, 15) is 9.59 Å². The SMILES string of the molecule is C=C1C[C@@H](C(=O)O)N(C(C)=O)C1. The van der Waals surface area contributed by atoms with E-state index in [-0.39, 0.29) is 5.91 Å². The number of nitrogens with zero attached hydrogens (tertiary/aromatic N) is 1. The van der Waals surface area contributed by atoms with Crippen molar-refractivity contribution in [3.05, 3.63) is 12.2 Å². The Kier molecular flexibility index (Phi) is 2.17. The first-order chi connectivity index (χ1) is 5.52. The largest absolute Gasteiger partial charge is 0.480 e. The third-order valence-electron chi connectivity index (χ3n) is 1.94. The maximum absolute atomic E-state index is 10.9. The molecule has 0 unspecified atom stereocenters. The first-order valence-electron chi connectivity index (χ1n) is 3.69. The zero-order valence-corrected chi connectivity index (χ0v) is 6.91. The molecule has 1 aliphatic heterocycles. The van der Waals surface area contributed by atoms with Crippen molar-refractivity contribution in [3.63, 3.8) is 0 Å². The lowest BCUT2D eigenvalue weighted by Gasteiger charge is -2.18. The minimum absolute atomic E-state index is 0.207. The predicted molar refractivity (Wildman–Crippen MR) is 42.6 cm³/mol. The lowest BCUT2D eigenvalue weighted by molar-refractivity contribution is -0.147. The maximum Gasteiger partial charge on any atom is 0.326 e. The fraction of sp³-hybridized carbons (Fsp3) is 0.500. The summed E-state index contributed by atoms with van der Waals surface area (Å²) in [6.07, 6.45) is 0.384. The molecule has 1 saturated heterocycles. The predicted octanol–water partition coefficient (Wildman–Crippen LogP) is 0.248. The van der Waals surface area contributed by atoms with Crippen LogP contribution >= 0.6 is 0 Å². The molecule has 0 aromatic rings. The van der Waals surface area contributed by atoms with E-state index in [0.29, 0.717) is 13.0 Å². The van der Waals surface area contributed by atoms with E-state index in [4.69, 9.17) is 5.11 Å². The van der Waals surface area contributed by atoms with Gasteiger partial charge >= 0.3 is 5.97 Å². The summed E-state index contributed by atoms with van der Waals surface area (Å²) in [5.74, 6) is -1.16. The van der Waals surface area contributed by atoms with Crippen LogP contribution in [-0.4, -0.2) is 34.5 Å². The average molecular weight is 169 g/mol. The summed E-state index contributed by atoms with van der Waals surface area (Å²) in [7, 11) is 0. The molecule has 1 N–H and O–H groups in total. The van der Waals surface area contributed by atoms with Gasteiger partial charge in [-0.15, -0.1) is 0 Å². The van der Waals surface area contributed by atoms with E-state index in [2.05, 4.69) is 6.58 Å². The van der Waals surface area contributed by atoms with Gasteiger partial charge in [0.25, 0.3) is 0 Å². The average Bonchev–Trinajstić information content (AvgIpc) is 2.31. The van der Waals surface area contributed by atoms with Gasteiger partial charge in [-0.3, -0.25) is 4.79 Å². The van der Waals surface area contributed by atoms with Crippen molar-refractivity contribution in [1.82, 2.24) is 4.90 Å². The number of carboxylic acids is 1. The number of likely N-dealkylation sites (tertiary alicyclic amines) is 1. The number of carbonyl (C=O) groups is 2. The van der Waals surface area contributed by atoms with Crippen molar-refractivity contribution < 1.29 is 14.7 Å². The highest BCUT2D eigenvalue weighted by atomic mass is 16.4. The Morgan fingerprint density at radius 1 is 1.67 bits per heavy atom. The van der Waals surface area contributed by atoms with Gasteiger partial charge in [0.2, 0.25) is 5.91 Å². The molecule has 0 radical (unpaired) electrons. The van der Waals surface area contributed by atoms with Crippen molar-refractivity contribution in [2.45, 2.75) is 19.4 Å². The molecule has 1 atom stereocenters. The lowest BCUT2D eigenvalue weighted by atomic mass is 10.2. The van der Waals surface area contributed by atoms with Crippen LogP contribution in [0.4, 0.5) is 0 Å². The Hall–Kier alpha value is -1.32. The highest BCUT2D eigenvalue weighted by Gasteiger charge is 2.33. The van der Waals surface area contributed by atoms with Crippen LogP contribution in [0.2, 0.25) is 0 Å². The van der Waals surface area contributed by atoms with Crippen molar-refractivity contribution in [1.29, 1.82) is 0 Å². The van der Waals surface area contributed by atoms with Crippen LogP contribution < -0.4 is 0 Å².